The molecule has 0 aliphatic heterocycles. The number of carbonyl (C=O) groups excluding carboxylic acids is 1. The van der Waals surface area contributed by atoms with E-state index in [1.165, 1.54) is 17.8 Å². The van der Waals surface area contributed by atoms with Gasteiger partial charge in [-0.2, -0.15) is 0 Å². The SMILES string of the molecule is CCO[C@H]1C[C@H](OC(=O)c2csc(-c3ccoc3)n2)C12CCC2. The van der Waals surface area contributed by atoms with Gasteiger partial charge in [0.15, 0.2) is 5.69 Å². The van der Waals surface area contributed by atoms with Crippen LogP contribution in [0.15, 0.2) is 28.4 Å². The molecule has 2 aromatic rings. The number of thiazole rings is 1. The molecule has 0 bridgehead atoms. The van der Waals surface area contributed by atoms with Gasteiger partial charge < -0.3 is 13.9 Å². The predicted octanol–water partition coefficient (Wildman–Crippen LogP) is 3.91. The van der Waals surface area contributed by atoms with Crippen LogP contribution < -0.4 is 0 Å². The van der Waals surface area contributed by atoms with Gasteiger partial charge in [-0.1, -0.05) is 6.42 Å². The summed E-state index contributed by atoms with van der Waals surface area (Å²) in [5.41, 5.74) is 1.32. The number of hydrogen-bond donors (Lipinski definition) is 0. The van der Waals surface area contributed by atoms with E-state index in [0.717, 1.165) is 29.8 Å². The van der Waals surface area contributed by atoms with Crippen LogP contribution >= 0.6 is 11.3 Å². The molecule has 122 valence electrons. The molecule has 0 aromatic carbocycles. The van der Waals surface area contributed by atoms with E-state index in [4.69, 9.17) is 13.9 Å². The highest BCUT2D eigenvalue weighted by molar-refractivity contribution is 7.13. The van der Waals surface area contributed by atoms with Gasteiger partial charge in [-0.05, 0) is 25.8 Å². The third-order valence-electron chi connectivity index (χ3n) is 5.09. The Morgan fingerprint density at radius 3 is 3.00 bits per heavy atom. The van der Waals surface area contributed by atoms with E-state index < -0.39 is 0 Å². The molecule has 0 N–H and O–H groups in total. The molecule has 2 heterocycles. The molecule has 2 fully saturated rings. The molecule has 1 spiro atoms. The summed E-state index contributed by atoms with van der Waals surface area (Å²) in [6.07, 6.45) is 7.61. The molecular formula is C17H19NO4S. The molecule has 0 unspecified atom stereocenters. The minimum absolute atomic E-state index is 0.0284. The Bertz CT molecular complexity index is 689. The minimum Gasteiger partial charge on any atom is -0.472 e. The first-order valence-electron chi connectivity index (χ1n) is 8.03. The molecule has 2 aliphatic carbocycles. The van der Waals surface area contributed by atoms with Crippen LogP contribution in [0.4, 0.5) is 0 Å². The van der Waals surface area contributed by atoms with Crippen molar-refractivity contribution in [3.63, 3.8) is 0 Å². The van der Waals surface area contributed by atoms with E-state index in [0.29, 0.717) is 12.3 Å². The molecule has 6 heteroatoms. The summed E-state index contributed by atoms with van der Waals surface area (Å²) in [6, 6.07) is 1.83. The highest BCUT2D eigenvalue weighted by Gasteiger charge is 2.61. The third kappa shape index (κ3) is 2.40. The Balaban J connectivity index is 1.43. The fourth-order valence-corrected chi connectivity index (χ4v) is 4.39. The summed E-state index contributed by atoms with van der Waals surface area (Å²) >= 11 is 1.42. The van der Waals surface area contributed by atoms with Crippen molar-refractivity contribution in [2.45, 2.75) is 44.8 Å². The highest BCUT2D eigenvalue weighted by atomic mass is 32.1. The summed E-state index contributed by atoms with van der Waals surface area (Å²) in [4.78, 5) is 16.7. The maximum atomic E-state index is 12.4. The van der Waals surface area contributed by atoms with E-state index in [1.54, 1.807) is 17.9 Å². The summed E-state index contributed by atoms with van der Waals surface area (Å²) in [5, 5.41) is 2.52. The largest absolute Gasteiger partial charge is 0.472 e. The van der Waals surface area contributed by atoms with Crippen LogP contribution in [-0.2, 0) is 9.47 Å². The van der Waals surface area contributed by atoms with Gasteiger partial charge in [-0.3, -0.25) is 0 Å². The van der Waals surface area contributed by atoms with Crippen LogP contribution in [0.5, 0.6) is 0 Å². The van der Waals surface area contributed by atoms with E-state index in [1.807, 2.05) is 13.0 Å². The van der Waals surface area contributed by atoms with Gasteiger partial charge in [-0.25, -0.2) is 9.78 Å². The summed E-state index contributed by atoms with van der Waals surface area (Å²) in [5.74, 6) is -0.331. The lowest BCUT2D eigenvalue weighted by Crippen LogP contribution is -2.63. The van der Waals surface area contributed by atoms with Gasteiger partial charge in [0, 0.05) is 29.4 Å². The van der Waals surface area contributed by atoms with Crippen molar-refractivity contribution in [1.29, 1.82) is 0 Å². The molecule has 2 aromatic heterocycles. The zero-order valence-electron chi connectivity index (χ0n) is 13.0. The van der Waals surface area contributed by atoms with Crippen LogP contribution in [0.2, 0.25) is 0 Å². The van der Waals surface area contributed by atoms with Crippen LogP contribution in [0.25, 0.3) is 10.6 Å². The van der Waals surface area contributed by atoms with Gasteiger partial charge in [0.25, 0.3) is 0 Å². The first-order chi connectivity index (χ1) is 11.2. The molecule has 2 aliphatic rings. The number of ether oxygens (including phenoxy) is 2. The maximum absolute atomic E-state index is 12.4. The van der Waals surface area contributed by atoms with E-state index in [9.17, 15) is 4.79 Å². The van der Waals surface area contributed by atoms with Gasteiger partial charge >= 0.3 is 5.97 Å². The molecule has 23 heavy (non-hydrogen) atoms. The third-order valence-corrected chi connectivity index (χ3v) is 5.99. The maximum Gasteiger partial charge on any atom is 0.358 e. The molecule has 5 nitrogen and oxygen atoms in total. The number of esters is 1. The molecule has 4 rings (SSSR count). The number of nitrogens with zero attached hydrogens (tertiary/aromatic N) is 1. The molecule has 2 saturated carbocycles. The number of carbonyl (C=O) groups is 1. The molecule has 0 amide bonds. The molecule has 2 atom stereocenters. The second-order valence-corrected chi connectivity index (χ2v) is 7.07. The predicted molar refractivity (Wildman–Crippen MR) is 85.3 cm³/mol. The minimum atomic E-state index is -0.331. The summed E-state index contributed by atoms with van der Waals surface area (Å²) < 4.78 is 16.6. The van der Waals surface area contributed by atoms with Crippen molar-refractivity contribution in [3.8, 4) is 10.6 Å². The fraction of sp³-hybridized carbons (Fsp3) is 0.529. The second kappa shape index (κ2) is 5.76. The van der Waals surface area contributed by atoms with Crippen LogP contribution in [0, 0.1) is 5.41 Å². The smallest absolute Gasteiger partial charge is 0.358 e. The number of hydrogen-bond acceptors (Lipinski definition) is 6. The molecular weight excluding hydrogens is 314 g/mol. The fourth-order valence-electron chi connectivity index (χ4n) is 3.62. The van der Waals surface area contributed by atoms with Crippen molar-refractivity contribution in [1.82, 2.24) is 4.98 Å². The quantitative estimate of drug-likeness (QED) is 0.776. The van der Waals surface area contributed by atoms with Gasteiger partial charge in [0.05, 0.1) is 12.4 Å². The lowest BCUT2D eigenvalue weighted by atomic mass is 9.52. The number of furan rings is 1. The van der Waals surface area contributed by atoms with Crippen LogP contribution in [-0.4, -0.2) is 29.8 Å². The van der Waals surface area contributed by atoms with Gasteiger partial charge in [0.1, 0.15) is 17.4 Å². The first-order valence-corrected chi connectivity index (χ1v) is 8.91. The zero-order chi connectivity index (χ0) is 15.9. The van der Waals surface area contributed by atoms with Crippen molar-refractivity contribution >= 4 is 17.3 Å². The summed E-state index contributed by atoms with van der Waals surface area (Å²) in [7, 11) is 0. The van der Waals surface area contributed by atoms with Crippen molar-refractivity contribution in [2.75, 3.05) is 6.61 Å². The Morgan fingerprint density at radius 1 is 1.48 bits per heavy atom. The van der Waals surface area contributed by atoms with E-state index in [-0.39, 0.29) is 23.6 Å². The van der Waals surface area contributed by atoms with E-state index in [2.05, 4.69) is 4.98 Å². The normalized spacial score (nSPS) is 24.9. The summed E-state index contributed by atoms with van der Waals surface area (Å²) in [6.45, 7) is 2.73. The number of rotatable bonds is 5. The monoisotopic (exact) mass is 333 g/mol. The lowest BCUT2D eigenvalue weighted by molar-refractivity contribution is -0.225. The highest BCUT2D eigenvalue weighted by Crippen LogP contribution is 2.58. The Hall–Kier alpha value is -1.66. The van der Waals surface area contributed by atoms with E-state index >= 15 is 0 Å². The lowest BCUT2D eigenvalue weighted by Gasteiger charge is -2.59. The van der Waals surface area contributed by atoms with Gasteiger partial charge in [0.2, 0.25) is 0 Å². The number of aromatic nitrogens is 1. The Kier molecular flexibility index (Phi) is 3.73. The Morgan fingerprint density at radius 2 is 2.35 bits per heavy atom. The second-order valence-electron chi connectivity index (χ2n) is 6.21. The van der Waals surface area contributed by atoms with Crippen LogP contribution in [0.1, 0.15) is 43.1 Å². The molecule has 0 saturated heterocycles. The van der Waals surface area contributed by atoms with Crippen LogP contribution in [0.3, 0.4) is 0 Å². The zero-order valence-corrected chi connectivity index (χ0v) is 13.8. The first kappa shape index (κ1) is 14.9. The Labute approximate surface area is 138 Å². The van der Waals surface area contributed by atoms with Gasteiger partial charge in [-0.15, -0.1) is 11.3 Å². The molecule has 0 radical (unpaired) electrons. The van der Waals surface area contributed by atoms with Crippen molar-refractivity contribution in [3.05, 3.63) is 29.7 Å². The van der Waals surface area contributed by atoms with Crippen molar-refractivity contribution < 1.29 is 18.7 Å². The van der Waals surface area contributed by atoms with Crippen molar-refractivity contribution in [2.24, 2.45) is 5.41 Å². The average Bonchev–Trinajstić information content (AvgIpc) is 3.14. The standard InChI is InChI=1S/C17H19NO4S/c1-2-21-13-8-14(17(13)5-3-6-17)22-16(19)12-10-23-15(18-12)11-4-7-20-9-11/h4,7,9-10,13-14H,2-3,5-6,8H2,1H3/t13-,14-/m0/s1. The average molecular weight is 333 g/mol. The topological polar surface area (TPSA) is 61.6 Å².